The van der Waals surface area contributed by atoms with E-state index in [1.807, 2.05) is 13.0 Å². The smallest absolute Gasteiger partial charge is 0.119 e. The van der Waals surface area contributed by atoms with Gasteiger partial charge in [-0.3, -0.25) is 0 Å². The van der Waals surface area contributed by atoms with Crippen molar-refractivity contribution in [3.63, 3.8) is 0 Å². The highest BCUT2D eigenvalue weighted by molar-refractivity contribution is 5.39. The van der Waals surface area contributed by atoms with E-state index in [2.05, 4.69) is 45.5 Å². The van der Waals surface area contributed by atoms with Gasteiger partial charge in [0.15, 0.2) is 0 Å². The third kappa shape index (κ3) is 3.13. The molecule has 0 aliphatic heterocycles. The zero-order chi connectivity index (χ0) is 12.1. The van der Waals surface area contributed by atoms with E-state index in [1.54, 1.807) is 0 Å². The molecular weight excluding hydrogens is 196 g/mol. The average molecular weight is 217 g/mol. The van der Waals surface area contributed by atoms with Crippen LogP contribution in [0.25, 0.3) is 0 Å². The summed E-state index contributed by atoms with van der Waals surface area (Å²) in [5.74, 6) is 1.55. The molecule has 0 saturated carbocycles. The monoisotopic (exact) mass is 217 g/mol. The van der Waals surface area contributed by atoms with Gasteiger partial charge in [0.1, 0.15) is 5.75 Å². The van der Waals surface area contributed by atoms with Crippen LogP contribution in [0.1, 0.15) is 43.7 Å². The molecule has 0 aliphatic carbocycles. The Kier molecular flexibility index (Phi) is 4.60. The van der Waals surface area contributed by atoms with Gasteiger partial charge in [-0.2, -0.15) is 0 Å². The standard InChI is InChI=1S/C15H21O/c1-6-12(5)14-8-13(11(3)4)9-15(10-14)16-7-2/h6,8-12H,1,5,7H2,2-4H3. The molecule has 0 saturated heterocycles. The summed E-state index contributed by atoms with van der Waals surface area (Å²) >= 11 is 0. The fourth-order valence-electron chi connectivity index (χ4n) is 1.58. The Bertz CT molecular complexity index is 352. The third-order valence-corrected chi connectivity index (χ3v) is 2.64. The molecule has 0 fully saturated rings. The second-order valence-electron chi connectivity index (χ2n) is 4.27. The number of ether oxygens (including phenoxy) is 1. The number of benzene rings is 1. The fourth-order valence-corrected chi connectivity index (χ4v) is 1.58. The molecule has 0 aromatic heterocycles. The first-order valence-electron chi connectivity index (χ1n) is 5.81. The predicted molar refractivity (Wildman–Crippen MR) is 70.0 cm³/mol. The summed E-state index contributed by atoms with van der Waals surface area (Å²) in [7, 11) is 0. The molecule has 1 nitrogen and oxygen atoms in total. The lowest BCUT2D eigenvalue weighted by molar-refractivity contribution is 0.339. The summed E-state index contributed by atoms with van der Waals surface area (Å²) in [6, 6.07) is 6.34. The molecule has 0 spiro atoms. The van der Waals surface area contributed by atoms with Crippen molar-refractivity contribution in [3.05, 3.63) is 48.9 Å². The molecule has 0 amide bonds. The van der Waals surface area contributed by atoms with Crippen LogP contribution >= 0.6 is 0 Å². The molecule has 0 N–H and O–H groups in total. The van der Waals surface area contributed by atoms with Crippen LogP contribution in [-0.4, -0.2) is 6.61 Å². The normalized spacial score (nSPS) is 12.6. The van der Waals surface area contributed by atoms with Gasteiger partial charge in [0, 0.05) is 5.92 Å². The number of hydrogen-bond donors (Lipinski definition) is 0. The molecule has 1 aromatic carbocycles. The number of rotatable bonds is 5. The minimum absolute atomic E-state index is 0.123. The minimum Gasteiger partial charge on any atom is -0.494 e. The van der Waals surface area contributed by atoms with E-state index < -0.39 is 0 Å². The third-order valence-electron chi connectivity index (χ3n) is 2.64. The molecule has 16 heavy (non-hydrogen) atoms. The van der Waals surface area contributed by atoms with Gasteiger partial charge in [0.05, 0.1) is 6.61 Å². The van der Waals surface area contributed by atoms with Crippen LogP contribution < -0.4 is 4.74 Å². The van der Waals surface area contributed by atoms with E-state index in [0.717, 1.165) is 5.75 Å². The van der Waals surface area contributed by atoms with Crippen LogP contribution in [0.15, 0.2) is 30.9 Å². The molecule has 1 aromatic rings. The highest BCUT2D eigenvalue weighted by atomic mass is 16.5. The molecule has 1 atom stereocenters. The molecule has 1 unspecified atom stereocenters. The van der Waals surface area contributed by atoms with Crippen molar-refractivity contribution in [3.8, 4) is 5.75 Å². The maximum absolute atomic E-state index is 5.57. The fraction of sp³-hybridized carbons (Fsp3) is 0.400. The summed E-state index contributed by atoms with van der Waals surface area (Å²) in [6.45, 7) is 14.9. The van der Waals surface area contributed by atoms with Gasteiger partial charge in [-0.1, -0.05) is 26.0 Å². The Morgan fingerprint density at radius 3 is 2.38 bits per heavy atom. The summed E-state index contributed by atoms with van der Waals surface area (Å²) in [6.07, 6.45) is 1.86. The van der Waals surface area contributed by atoms with Crippen molar-refractivity contribution in [2.75, 3.05) is 6.61 Å². The first kappa shape index (κ1) is 12.8. The molecule has 87 valence electrons. The molecule has 1 heteroatoms. The number of allylic oxidation sites excluding steroid dienone is 1. The molecule has 1 radical (unpaired) electrons. The van der Waals surface area contributed by atoms with Crippen LogP contribution in [0.2, 0.25) is 0 Å². The van der Waals surface area contributed by atoms with E-state index in [1.165, 1.54) is 11.1 Å². The lowest BCUT2D eigenvalue weighted by Crippen LogP contribution is -1.98. The van der Waals surface area contributed by atoms with Crippen LogP contribution in [0, 0.1) is 6.92 Å². The van der Waals surface area contributed by atoms with Crippen LogP contribution in [0.3, 0.4) is 0 Å². The summed E-state index contributed by atoms with van der Waals surface area (Å²) in [5, 5.41) is 0. The molecule has 0 bridgehead atoms. The quantitative estimate of drug-likeness (QED) is 0.668. The van der Waals surface area contributed by atoms with Crippen molar-refractivity contribution in [2.24, 2.45) is 0 Å². The van der Waals surface area contributed by atoms with Gasteiger partial charge >= 0.3 is 0 Å². The second-order valence-corrected chi connectivity index (χ2v) is 4.27. The zero-order valence-electron chi connectivity index (χ0n) is 10.5. The van der Waals surface area contributed by atoms with Gasteiger partial charge in [0.25, 0.3) is 0 Å². The van der Waals surface area contributed by atoms with Crippen LogP contribution in [0.5, 0.6) is 5.75 Å². The van der Waals surface area contributed by atoms with E-state index in [4.69, 9.17) is 4.74 Å². The van der Waals surface area contributed by atoms with E-state index in [-0.39, 0.29) is 5.92 Å². The van der Waals surface area contributed by atoms with Crippen molar-refractivity contribution < 1.29 is 4.74 Å². The average Bonchev–Trinajstić information content (AvgIpc) is 2.28. The van der Waals surface area contributed by atoms with Gasteiger partial charge in [-0.25, -0.2) is 0 Å². The Morgan fingerprint density at radius 2 is 1.88 bits per heavy atom. The van der Waals surface area contributed by atoms with Gasteiger partial charge in [-0.05, 0) is 43.0 Å². The molecule has 0 aliphatic rings. The summed E-state index contributed by atoms with van der Waals surface area (Å²) in [5.41, 5.74) is 2.46. The van der Waals surface area contributed by atoms with Crippen molar-refractivity contribution in [1.29, 1.82) is 0 Å². The van der Waals surface area contributed by atoms with Gasteiger partial charge in [-0.15, -0.1) is 6.58 Å². The Labute approximate surface area is 99.1 Å². The van der Waals surface area contributed by atoms with Crippen molar-refractivity contribution in [1.82, 2.24) is 0 Å². The topological polar surface area (TPSA) is 9.23 Å². The highest BCUT2D eigenvalue weighted by Gasteiger charge is 2.08. The van der Waals surface area contributed by atoms with Crippen molar-refractivity contribution >= 4 is 0 Å². The zero-order valence-corrected chi connectivity index (χ0v) is 10.5. The number of hydrogen-bond acceptors (Lipinski definition) is 1. The maximum atomic E-state index is 5.57. The Morgan fingerprint density at radius 1 is 1.25 bits per heavy atom. The predicted octanol–water partition coefficient (Wildman–Crippen LogP) is 4.31. The second kappa shape index (κ2) is 5.74. The van der Waals surface area contributed by atoms with E-state index >= 15 is 0 Å². The first-order valence-corrected chi connectivity index (χ1v) is 5.81. The maximum Gasteiger partial charge on any atom is 0.119 e. The van der Waals surface area contributed by atoms with Gasteiger partial charge < -0.3 is 4.74 Å². The first-order chi connectivity index (χ1) is 7.58. The van der Waals surface area contributed by atoms with Crippen LogP contribution in [-0.2, 0) is 0 Å². The van der Waals surface area contributed by atoms with E-state index in [9.17, 15) is 0 Å². The van der Waals surface area contributed by atoms with E-state index in [0.29, 0.717) is 12.5 Å². The highest BCUT2D eigenvalue weighted by Crippen LogP contribution is 2.27. The summed E-state index contributed by atoms with van der Waals surface area (Å²) in [4.78, 5) is 0. The lowest BCUT2D eigenvalue weighted by Gasteiger charge is -2.14. The SMILES string of the molecule is [CH2]C(C=C)c1cc(OCC)cc(C(C)C)c1. The molecule has 1 rings (SSSR count). The Hall–Kier alpha value is -1.24. The van der Waals surface area contributed by atoms with Gasteiger partial charge in [0.2, 0.25) is 0 Å². The largest absolute Gasteiger partial charge is 0.494 e. The lowest BCUT2D eigenvalue weighted by atomic mass is 9.94. The van der Waals surface area contributed by atoms with Crippen LogP contribution in [0.4, 0.5) is 0 Å². The molecular formula is C15H21O. The molecule has 0 heterocycles. The summed E-state index contributed by atoms with van der Waals surface area (Å²) < 4.78 is 5.57. The van der Waals surface area contributed by atoms with Crippen molar-refractivity contribution in [2.45, 2.75) is 32.6 Å². The Balaban J connectivity index is 3.12. The minimum atomic E-state index is 0.123.